The van der Waals surface area contributed by atoms with E-state index in [-0.39, 0.29) is 5.97 Å². The van der Waals surface area contributed by atoms with Crippen LogP contribution in [-0.2, 0) is 14.3 Å². The van der Waals surface area contributed by atoms with Crippen LogP contribution in [0.5, 0.6) is 0 Å². The highest BCUT2D eigenvalue weighted by molar-refractivity contribution is 5.69. The summed E-state index contributed by atoms with van der Waals surface area (Å²) in [5.74, 6) is 1.33. The molecular formula is C32H66O4. The number of rotatable bonds is 21. The topological polar surface area (TPSA) is 55.8 Å². The van der Waals surface area contributed by atoms with Gasteiger partial charge in [-0.25, -0.2) is 0 Å². The number of carbonyl (C=O) groups excluding carboxylic acids is 1. The molecule has 218 valence electrons. The van der Waals surface area contributed by atoms with Crippen LogP contribution in [0.3, 0.4) is 0 Å². The average molecular weight is 515 g/mol. The summed E-state index contributed by atoms with van der Waals surface area (Å²) in [6, 6.07) is 0. The van der Waals surface area contributed by atoms with Crippen LogP contribution in [0.2, 0.25) is 0 Å². The van der Waals surface area contributed by atoms with Crippen molar-refractivity contribution in [2.45, 2.75) is 163 Å². The van der Waals surface area contributed by atoms with Gasteiger partial charge in [0.05, 0.1) is 6.61 Å². The summed E-state index contributed by atoms with van der Waals surface area (Å²) in [5.41, 5.74) is 0. The second-order valence-electron chi connectivity index (χ2n) is 10.6. The SMILES string of the molecule is C1CCOC1.CCCCCC(CCCCC)CC(=O)OCC.CCCCCC(CCO)CCCCC. The quantitative estimate of drug-likeness (QED) is 0.122. The van der Waals surface area contributed by atoms with E-state index in [1.54, 1.807) is 0 Å². The molecule has 0 amide bonds. The number of ether oxygens (including phenoxy) is 2. The maximum Gasteiger partial charge on any atom is 0.306 e. The molecule has 1 N–H and O–H groups in total. The zero-order chi connectivity index (χ0) is 27.1. The maximum absolute atomic E-state index is 11.5. The Morgan fingerprint density at radius 1 is 0.667 bits per heavy atom. The van der Waals surface area contributed by atoms with Gasteiger partial charge in [0, 0.05) is 26.2 Å². The van der Waals surface area contributed by atoms with Crippen LogP contribution in [0.4, 0.5) is 0 Å². The fourth-order valence-electron chi connectivity index (χ4n) is 4.66. The lowest BCUT2D eigenvalue weighted by molar-refractivity contribution is -0.144. The van der Waals surface area contributed by atoms with Crippen LogP contribution >= 0.6 is 0 Å². The molecule has 0 aliphatic carbocycles. The molecular weight excluding hydrogens is 448 g/mol. The van der Waals surface area contributed by atoms with Crippen molar-refractivity contribution < 1.29 is 19.4 Å². The molecule has 0 bridgehead atoms. The van der Waals surface area contributed by atoms with E-state index in [1.807, 2.05) is 6.92 Å². The second kappa shape index (κ2) is 32.4. The summed E-state index contributed by atoms with van der Waals surface area (Å²) in [6.07, 6.45) is 24.9. The molecule has 1 fully saturated rings. The third-order valence-corrected chi connectivity index (χ3v) is 6.99. The Bertz CT molecular complexity index is 381. The standard InChI is InChI=1S/C15H30O2.C13H28O.C4H8O/c1-4-7-9-11-14(12-10-8-5-2)13-15(16)17-6-3;1-3-5-7-9-13(11-12-14)10-8-6-4-2;1-2-4-5-3-1/h14H,4-13H2,1-3H3;13-14H,3-12H2,1-2H3;1-4H2. The van der Waals surface area contributed by atoms with E-state index in [0.29, 0.717) is 25.6 Å². The van der Waals surface area contributed by atoms with Gasteiger partial charge < -0.3 is 14.6 Å². The molecule has 1 saturated heterocycles. The Kier molecular flexibility index (Phi) is 33.8. The molecule has 0 aromatic heterocycles. The van der Waals surface area contributed by atoms with Crippen molar-refractivity contribution in [1.29, 1.82) is 0 Å². The highest BCUT2D eigenvalue weighted by atomic mass is 16.5. The molecule has 0 unspecified atom stereocenters. The number of aliphatic hydroxyl groups is 1. The molecule has 0 spiro atoms. The monoisotopic (exact) mass is 514 g/mol. The molecule has 36 heavy (non-hydrogen) atoms. The zero-order valence-corrected chi connectivity index (χ0v) is 25.3. The minimum absolute atomic E-state index is 0.00880. The number of unbranched alkanes of at least 4 members (excludes halogenated alkanes) is 8. The summed E-state index contributed by atoms with van der Waals surface area (Å²) in [5, 5.41) is 8.95. The first-order chi connectivity index (χ1) is 17.6. The Morgan fingerprint density at radius 2 is 1.08 bits per heavy atom. The van der Waals surface area contributed by atoms with Crippen molar-refractivity contribution in [3.63, 3.8) is 0 Å². The van der Waals surface area contributed by atoms with Crippen molar-refractivity contribution >= 4 is 5.97 Å². The fourth-order valence-corrected chi connectivity index (χ4v) is 4.66. The van der Waals surface area contributed by atoms with Crippen LogP contribution < -0.4 is 0 Å². The summed E-state index contributed by atoms with van der Waals surface area (Å²) in [4.78, 5) is 11.5. The molecule has 1 rings (SSSR count). The molecule has 0 saturated carbocycles. The molecule has 0 aromatic rings. The first-order valence-corrected chi connectivity index (χ1v) is 15.9. The van der Waals surface area contributed by atoms with E-state index in [4.69, 9.17) is 14.6 Å². The largest absolute Gasteiger partial charge is 0.466 e. The maximum atomic E-state index is 11.5. The van der Waals surface area contributed by atoms with Gasteiger partial charge in [0.25, 0.3) is 0 Å². The van der Waals surface area contributed by atoms with Crippen molar-refractivity contribution in [2.24, 2.45) is 11.8 Å². The van der Waals surface area contributed by atoms with Gasteiger partial charge in [-0.1, -0.05) is 118 Å². The number of esters is 1. The third kappa shape index (κ3) is 29.6. The second-order valence-corrected chi connectivity index (χ2v) is 10.6. The molecule has 4 heteroatoms. The van der Waals surface area contributed by atoms with Crippen LogP contribution in [-0.4, -0.2) is 37.5 Å². The Hall–Kier alpha value is -0.610. The van der Waals surface area contributed by atoms with Gasteiger partial charge in [-0.05, 0) is 50.9 Å². The van der Waals surface area contributed by atoms with Crippen molar-refractivity contribution in [3.05, 3.63) is 0 Å². The first-order valence-electron chi connectivity index (χ1n) is 15.9. The van der Waals surface area contributed by atoms with Gasteiger partial charge in [0.15, 0.2) is 0 Å². The van der Waals surface area contributed by atoms with E-state index in [9.17, 15) is 4.79 Å². The van der Waals surface area contributed by atoms with Crippen LogP contribution in [0.1, 0.15) is 163 Å². The number of hydrogen-bond acceptors (Lipinski definition) is 4. The smallest absolute Gasteiger partial charge is 0.306 e. The predicted octanol–water partition coefficient (Wildman–Crippen LogP) is 9.66. The summed E-state index contributed by atoms with van der Waals surface area (Å²) in [7, 11) is 0. The van der Waals surface area contributed by atoms with Crippen molar-refractivity contribution in [3.8, 4) is 0 Å². The molecule has 0 atom stereocenters. The normalized spacial score (nSPS) is 12.8. The summed E-state index contributed by atoms with van der Waals surface area (Å²) in [6.45, 7) is 13.7. The van der Waals surface area contributed by atoms with Crippen LogP contribution in [0, 0.1) is 11.8 Å². The van der Waals surface area contributed by atoms with Crippen molar-refractivity contribution in [1.82, 2.24) is 0 Å². The number of hydrogen-bond donors (Lipinski definition) is 1. The number of carbonyl (C=O) groups is 1. The Labute approximate surface area is 226 Å². The minimum atomic E-state index is -0.00880. The average Bonchev–Trinajstić information content (AvgIpc) is 3.46. The molecule has 1 aliphatic heterocycles. The van der Waals surface area contributed by atoms with Gasteiger partial charge in [-0.2, -0.15) is 0 Å². The predicted molar refractivity (Wildman–Crippen MR) is 157 cm³/mol. The molecule has 1 aliphatic rings. The van der Waals surface area contributed by atoms with Gasteiger partial charge in [0.1, 0.15) is 0 Å². The fraction of sp³-hybridized carbons (Fsp3) is 0.969. The first kappa shape index (κ1) is 37.5. The lowest BCUT2D eigenvalue weighted by atomic mass is 9.92. The van der Waals surface area contributed by atoms with Gasteiger partial charge in [0.2, 0.25) is 0 Å². The van der Waals surface area contributed by atoms with Gasteiger partial charge >= 0.3 is 5.97 Å². The van der Waals surface area contributed by atoms with Gasteiger partial charge in [-0.3, -0.25) is 4.79 Å². The van der Waals surface area contributed by atoms with E-state index >= 15 is 0 Å². The van der Waals surface area contributed by atoms with Crippen LogP contribution in [0.15, 0.2) is 0 Å². The van der Waals surface area contributed by atoms with E-state index in [2.05, 4.69) is 27.7 Å². The summed E-state index contributed by atoms with van der Waals surface area (Å²) >= 11 is 0. The Balaban J connectivity index is 0. The zero-order valence-electron chi connectivity index (χ0n) is 25.3. The molecule has 0 radical (unpaired) electrons. The van der Waals surface area contributed by atoms with Gasteiger partial charge in [-0.15, -0.1) is 0 Å². The van der Waals surface area contributed by atoms with Crippen molar-refractivity contribution in [2.75, 3.05) is 26.4 Å². The lowest BCUT2D eigenvalue weighted by Gasteiger charge is -2.15. The Morgan fingerprint density at radius 3 is 1.39 bits per heavy atom. The number of aliphatic hydroxyl groups excluding tert-OH is 1. The van der Waals surface area contributed by atoms with E-state index < -0.39 is 0 Å². The van der Waals surface area contributed by atoms with E-state index in [0.717, 1.165) is 25.6 Å². The lowest BCUT2D eigenvalue weighted by Crippen LogP contribution is -2.12. The highest BCUT2D eigenvalue weighted by Gasteiger charge is 2.14. The molecule has 0 aromatic carbocycles. The van der Waals surface area contributed by atoms with E-state index in [1.165, 1.54) is 116 Å². The molecule has 4 nitrogen and oxygen atoms in total. The van der Waals surface area contributed by atoms with Crippen LogP contribution in [0.25, 0.3) is 0 Å². The summed E-state index contributed by atoms with van der Waals surface area (Å²) < 4.78 is 9.99. The minimum Gasteiger partial charge on any atom is -0.466 e. The molecule has 1 heterocycles. The third-order valence-electron chi connectivity index (χ3n) is 6.99. The highest BCUT2D eigenvalue weighted by Crippen LogP contribution is 2.22.